The first-order chi connectivity index (χ1) is 22.8. The van der Waals surface area contributed by atoms with Gasteiger partial charge in [-0.25, -0.2) is 0 Å². The van der Waals surface area contributed by atoms with Gasteiger partial charge < -0.3 is 29.9 Å². The van der Waals surface area contributed by atoms with E-state index < -0.39 is 81.7 Å². The van der Waals surface area contributed by atoms with E-state index >= 15 is 0 Å². The van der Waals surface area contributed by atoms with E-state index in [1.165, 1.54) is 64.7 Å². The van der Waals surface area contributed by atoms with E-state index in [2.05, 4.69) is 6.92 Å². The van der Waals surface area contributed by atoms with Crippen LogP contribution in [0.15, 0.2) is 23.3 Å². The summed E-state index contributed by atoms with van der Waals surface area (Å²) < 4.78 is 12.3. The van der Waals surface area contributed by atoms with Gasteiger partial charge in [0.1, 0.15) is 11.7 Å². The van der Waals surface area contributed by atoms with Crippen LogP contribution in [0.2, 0.25) is 0 Å². The summed E-state index contributed by atoms with van der Waals surface area (Å²) in [7, 11) is 0. The standard InChI is InChI=1S/C39H60O9/c1-6-7-8-9-10-11-12-13-14-15-16-17-18-19-31(43)47-34-26(3)37(45)29(32-35(5,24-41)39(32,34)48-27(4)42)21-28(23-40)22-36(37)30-20-25(2)33(44)38(30,36)46/h20-21,26,29-30,32,34,40-41,45-46H,6-19,22-24H2,1-5H3/t26-,29+,30-,32+,34+,35+,36-,37-,38-,39+/m0/s1. The van der Waals surface area contributed by atoms with Crippen molar-refractivity contribution in [1.82, 2.24) is 0 Å². The predicted molar refractivity (Wildman–Crippen MR) is 180 cm³/mol. The van der Waals surface area contributed by atoms with Crippen LogP contribution in [0, 0.1) is 34.5 Å². The summed E-state index contributed by atoms with van der Waals surface area (Å²) in [5.74, 6) is -4.53. The number of hydrogen-bond donors (Lipinski definition) is 4. The van der Waals surface area contributed by atoms with Crippen molar-refractivity contribution < 1.29 is 44.3 Å². The normalized spacial score (nSPS) is 40.4. The number of fused-ring (bicyclic) bond motifs is 7. The second kappa shape index (κ2) is 13.9. The lowest BCUT2D eigenvalue weighted by Crippen LogP contribution is -2.67. The Kier molecular flexibility index (Phi) is 10.8. The molecule has 0 amide bonds. The average molecular weight is 673 g/mol. The molecule has 1 spiro atoms. The van der Waals surface area contributed by atoms with Crippen molar-refractivity contribution in [3.8, 4) is 0 Å². The van der Waals surface area contributed by atoms with E-state index in [0.29, 0.717) is 17.6 Å². The topological polar surface area (TPSA) is 151 Å². The highest BCUT2D eigenvalue weighted by Gasteiger charge is 2.96. The van der Waals surface area contributed by atoms with Gasteiger partial charge in [-0.3, -0.25) is 14.4 Å². The van der Waals surface area contributed by atoms with E-state index in [4.69, 9.17) is 9.47 Å². The molecule has 10 atom stereocenters. The highest BCUT2D eigenvalue weighted by atomic mass is 16.6. The Labute approximate surface area is 286 Å². The number of ether oxygens (including phenoxy) is 2. The van der Waals surface area contributed by atoms with Crippen LogP contribution in [0.5, 0.6) is 0 Å². The zero-order valence-electron chi connectivity index (χ0n) is 29.9. The quantitative estimate of drug-likeness (QED) is 0.0840. The van der Waals surface area contributed by atoms with Gasteiger partial charge in [0.05, 0.1) is 24.2 Å². The molecule has 0 saturated heterocycles. The van der Waals surface area contributed by atoms with E-state index in [1.807, 2.05) is 0 Å². The summed E-state index contributed by atoms with van der Waals surface area (Å²) in [6, 6.07) is 0. The lowest BCUT2D eigenvalue weighted by molar-refractivity contribution is -0.235. The van der Waals surface area contributed by atoms with Gasteiger partial charge in [-0.2, -0.15) is 0 Å². The molecule has 0 aromatic heterocycles. The molecule has 0 radical (unpaired) electrons. The number of rotatable bonds is 18. The molecule has 4 N–H and O–H groups in total. The van der Waals surface area contributed by atoms with Crippen molar-refractivity contribution >= 4 is 17.7 Å². The van der Waals surface area contributed by atoms with Crippen molar-refractivity contribution in [3.05, 3.63) is 23.3 Å². The van der Waals surface area contributed by atoms with Gasteiger partial charge in [0.25, 0.3) is 0 Å². The molecular formula is C39H60O9. The zero-order chi connectivity index (χ0) is 35.1. The number of hydrogen-bond acceptors (Lipinski definition) is 9. The Morgan fingerprint density at radius 1 is 0.917 bits per heavy atom. The van der Waals surface area contributed by atoms with Gasteiger partial charge in [-0.1, -0.05) is 110 Å². The van der Waals surface area contributed by atoms with E-state index in [0.717, 1.165) is 19.3 Å². The minimum absolute atomic E-state index is 0.0975. The Morgan fingerprint density at radius 2 is 1.48 bits per heavy atom. The molecule has 0 heterocycles. The molecule has 5 aliphatic carbocycles. The monoisotopic (exact) mass is 672 g/mol. The second-order valence-electron chi connectivity index (χ2n) is 16.0. The number of aliphatic hydroxyl groups is 4. The lowest BCUT2D eigenvalue weighted by atomic mass is 9.53. The molecule has 9 heteroatoms. The van der Waals surface area contributed by atoms with Gasteiger partial charge in [-0.05, 0) is 30.9 Å². The summed E-state index contributed by atoms with van der Waals surface area (Å²) >= 11 is 0. The fourth-order valence-electron chi connectivity index (χ4n) is 10.8. The number of Topliss-reactive ketones (excluding diaryl/α,β-unsaturated/α-hetero) is 1. The summed E-state index contributed by atoms with van der Waals surface area (Å²) in [5.41, 5.74) is -6.48. The van der Waals surface area contributed by atoms with Crippen LogP contribution in [0.25, 0.3) is 0 Å². The van der Waals surface area contributed by atoms with Crippen LogP contribution in [0.1, 0.15) is 131 Å². The molecule has 48 heavy (non-hydrogen) atoms. The lowest BCUT2D eigenvalue weighted by Gasteiger charge is -2.56. The van der Waals surface area contributed by atoms with Crippen LogP contribution in [-0.4, -0.2) is 74.3 Å². The van der Waals surface area contributed by atoms with Crippen LogP contribution >= 0.6 is 0 Å². The maximum absolute atomic E-state index is 13.5. The second-order valence-corrected chi connectivity index (χ2v) is 16.0. The molecule has 0 bridgehead atoms. The van der Waals surface area contributed by atoms with Crippen molar-refractivity contribution in [3.63, 3.8) is 0 Å². The maximum atomic E-state index is 13.5. The fourth-order valence-corrected chi connectivity index (χ4v) is 10.8. The van der Waals surface area contributed by atoms with Gasteiger partial charge in [-0.15, -0.1) is 0 Å². The molecule has 3 fully saturated rings. The molecule has 5 rings (SSSR count). The van der Waals surface area contributed by atoms with Gasteiger partial charge in [0.15, 0.2) is 11.4 Å². The molecule has 0 aromatic carbocycles. The molecule has 3 saturated carbocycles. The summed E-state index contributed by atoms with van der Waals surface area (Å²) in [4.78, 5) is 39.5. The molecule has 0 unspecified atom stereocenters. The third kappa shape index (κ3) is 5.36. The first-order valence-electron chi connectivity index (χ1n) is 18.8. The highest BCUT2D eigenvalue weighted by molar-refractivity contribution is 6.09. The zero-order valence-corrected chi connectivity index (χ0v) is 29.9. The Bertz CT molecular complexity index is 1310. The summed E-state index contributed by atoms with van der Waals surface area (Å²) in [6.45, 7) is 7.91. The Balaban J connectivity index is 1.28. The minimum Gasteiger partial charge on any atom is -0.458 e. The fraction of sp³-hybridized carbons (Fsp3) is 0.821. The average Bonchev–Trinajstić information content (AvgIpc) is 3.75. The van der Waals surface area contributed by atoms with Crippen LogP contribution in [0.3, 0.4) is 0 Å². The van der Waals surface area contributed by atoms with Gasteiger partial charge in [0.2, 0.25) is 0 Å². The highest BCUT2D eigenvalue weighted by Crippen LogP contribution is 2.85. The number of ketones is 1. The maximum Gasteiger partial charge on any atom is 0.306 e. The molecule has 5 aliphatic rings. The van der Waals surface area contributed by atoms with Crippen LogP contribution in [-0.2, 0) is 23.9 Å². The van der Waals surface area contributed by atoms with Crippen molar-refractivity contribution in [2.24, 2.45) is 34.5 Å². The summed E-state index contributed by atoms with van der Waals surface area (Å²) in [6.07, 6.45) is 18.0. The van der Waals surface area contributed by atoms with Gasteiger partial charge in [0, 0.05) is 42.4 Å². The van der Waals surface area contributed by atoms with Crippen molar-refractivity contribution in [2.75, 3.05) is 13.2 Å². The number of esters is 2. The number of carbonyl (C=O) groups is 3. The Morgan fingerprint density at radius 3 is 1.96 bits per heavy atom. The largest absolute Gasteiger partial charge is 0.458 e. The van der Waals surface area contributed by atoms with E-state index in [9.17, 15) is 34.8 Å². The first-order valence-corrected chi connectivity index (χ1v) is 18.8. The Hall–Kier alpha value is -2.07. The van der Waals surface area contributed by atoms with Crippen molar-refractivity contribution in [2.45, 2.75) is 154 Å². The smallest absolute Gasteiger partial charge is 0.306 e. The van der Waals surface area contributed by atoms with Crippen molar-refractivity contribution in [1.29, 1.82) is 0 Å². The SMILES string of the molecule is CCCCCCCCCCCCCCCC(=O)O[C@@H]1[C@H](C)[C@]2(O)[C@H](C=C(CO)C[C@]23[C@@H]2C=C(C)C(=O)[C@@]23O)[C@H]2[C@]1(OC(C)=O)[C@]2(C)CO. The van der Waals surface area contributed by atoms with Gasteiger partial charge >= 0.3 is 11.9 Å². The van der Waals surface area contributed by atoms with Crippen LogP contribution in [0.4, 0.5) is 0 Å². The molecule has 9 nitrogen and oxygen atoms in total. The van der Waals surface area contributed by atoms with Crippen LogP contribution < -0.4 is 0 Å². The molecule has 0 aliphatic heterocycles. The molecule has 270 valence electrons. The number of aliphatic hydroxyl groups excluding tert-OH is 2. The predicted octanol–water partition coefficient (Wildman–Crippen LogP) is 5.51. The van der Waals surface area contributed by atoms with E-state index in [1.54, 1.807) is 32.9 Å². The number of carbonyl (C=O) groups excluding carboxylic acids is 3. The third-order valence-corrected chi connectivity index (χ3v) is 13.3. The number of unbranched alkanes of at least 4 members (excludes halogenated alkanes) is 12. The minimum atomic E-state index is -1.86. The third-order valence-electron chi connectivity index (χ3n) is 13.3. The molecular weight excluding hydrogens is 612 g/mol. The van der Waals surface area contributed by atoms with E-state index in [-0.39, 0.29) is 19.4 Å². The summed E-state index contributed by atoms with van der Waals surface area (Å²) in [5, 5.41) is 46.1. The molecule has 0 aromatic rings. The first kappa shape index (κ1) is 37.2.